The molecule has 1 N–H and O–H groups in total. The van der Waals surface area contributed by atoms with Crippen molar-refractivity contribution in [1.82, 2.24) is 0 Å². The monoisotopic (exact) mass is 421 g/mol. The summed E-state index contributed by atoms with van der Waals surface area (Å²) in [5.74, 6) is 0. The minimum absolute atomic E-state index is 0.0837. The maximum Gasteiger partial charge on any atom is 0.200 e. The standard InChI is InChI=1S/C21H35N3O4Si/c1-14(2)29(15(3)4,16(5)6)28-20-18(25)13-27-21(19(20)23-24-22)26-12-17-10-8-7-9-11-17/h7-11,14-16,18-21,25H,12-13H2,1-6H3/t18-,19-,20+,21-/m1/s1. The quantitative estimate of drug-likeness (QED) is 0.258. The van der Waals surface area contributed by atoms with Gasteiger partial charge in [-0.15, -0.1) is 0 Å². The van der Waals surface area contributed by atoms with Crippen molar-refractivity contribution in [2.75, 3.05) is 6.61 Å². The molecule has 0 spiro atoms. The zero-order chi connectivity index (χ0) is 21.6. The lowest BCUT2D eigenvalue weighted by Gasteiger charge is -2.48. The first kappa shape index (κ1) is 23.9. The summed E-state index contributed by atoms with van der Waals surface area (Å²) in [6.45, 7) is 13.5. The van der Waals surface area contributed by atoms with Crippen molar-refractivity contribution in [3.8, 4) is 0 Å². The number of aliphatic hydroxyl groups is 1. The van der Waals surface area contributed by atoms with E-state index in [0.29, 0.717) is 23.2 Å². The molecular weight excluding hydrogens is 386 g/mol. The van der Waals surface area contributed by atoms with Gasteiger partial charge in [0.2, 0.25) is 8.32 Å². The largest absolute Gasteiger partial charge is 0.410 e. The van der Waals surface area contributed by atoms with E-state index in [1.165, 1.54) is 0 Å². The molecule has 1 heterocycles. The number of benzene rings is 1. The molecule has 29 heavy (non-hydrogen) atoms. The summed E-state index contributed by atoms with van der Waals surface area (Å²) < 4.78 is 18.4. The van der Waals surface area contributed by atoms with Gasteiger partial charge < -0.3 is 19.0 Å². The summed E-state index contributed by atoms with van der Waals surface area (Å²) in [5.41, 5.74) is 11.2. The molecule has 0 radical (unpaired) electrons. The number of rotatable bonds is 9. The molecular formula is C21H35N3O4Si. The van der Waals surface area contributed by atoms with Crippen molar-refractivity contribution in [2.45, 2.75) is 89.3 Å². The van der Waals surface area contributed by atoms with E-state index < -0.39 is 32.9 Å². The van der Waals surface area contributed by atoms with Crippen molar-refractivity contribution in [3.05, 3.63) is 46.3 Å². The number of hydrogen-bond acceptors (Lipinski definition) is 5. The Bertz CT molecular complexity index is 658. The Morgan fingerprint density at radius 1 is 1.14 bits per heavy atom. The first-order chi connectivity index (χ1) is 13.7. The first-order valence-corrected chi connectivity index (χ1v) is 12.5. The van der Waals surface area contributed by atoms with Crippen molar-refractivity contribution < 1.29 is 19.0 Å². The van der Waals surface area contributed by atoms with Crippen LogP contribution >= 0.6 is 0 Å². The van der Waals surface area contributed by atoms with E-state index in [1.807, 2.05) is 30.3 Å². The number of azide groups is 1. The Hall–Kier alpha value is -1.41. The van der Waals surface area contributed by atoms with E-state index in [-0.39, 0.29) is 6.61 Å². The topological polar surface area (TPSA) is 96.7 Å². The van der Waals surface area contributed by atoms with Gasteiger partial charge in [0, 0.05) is 4.91 Å². The van der Waals surface area contributed by atoms with Crippen LogP contribution in [0.25, 0.3) is 10.4 Å². The van der Waals surface area contributed by atoms with Crippen molar-refractivity contribution in [3.63, 3.8) is 0 Å². The molecule has 1 aromatic carbocycles. The van der Waals surface area contributed by atoms with Crippen LogP contribution in [0, 0.1) is 0 Å². The van der Waals surface area contributed by atoms with E-state index >= 15 is 0 Å². The molecule has 0 amide bonds. The number of ether oxygens (including phenoxy) is 2. The second kappa shape index (κ2) is 10.6. The average Bonchev–Trinajstić information content (AvgIpc) is 2.67. The lowest BCUT2D eigenvalue weighted by Crippen LogP contribution is -2.60. The molecule has 0 saturated carbocycles. The minimum atomic E-state index is -2.30. The molecule has 2 rings (SSSR count). The lowest BCUT2D eigenvalue weighted by molar-refractivity contribution is -0.228. The van der Waals surface area contributed by atoms with Crippen molar-refractivity contribution in [2.24, 2.45) is 5.11 Å². The van der Waals surface area contributed by atoms with Gasteiger partial charge in [0.1, 0.15) is 12.1 Å². The predicted molar refractivity (Wildman–Crippen MR) is 116 cm³/mol. The smallest absolute Gasteiger partial charge is 0.200 e. The van der Waals surface area contributed by atoms with Crippen LogP contribution in [0.5, 0.6) is 0 Å². The van der Waals surface area contributed by atoms with Crippen molar-refractivity contribution in [1.29, 1.82) is 0 Å². The van der Waals surface area contributed by atoms with Gasteiger partial charge in [-0.1, -0.05) is 77.0 Å². The molecule has 0 aromatic heterocycles. The molecule has 1 aromatic rings. The highest BCUT2D eigenvalue weighted by molar-refractivity contribution is 6.77. The van der Waals surface area contributed by atoms with Gasteiger partial charge in [-0.25, -0.2) is 0 Å². The molecule has 7 nitrogen and oxygen atoms in total. The van der Waals surface area contributed by atoms with Crippen LogP contribution in [0.4, 0.5) is 0 Å². The summed E-state index contributed by atoms with van der Waals surface area (Å²) >= 11 is 0. The van der Waals surface area contributed by atoms with E-state index in [1.54, 1.807) is 0 Å². The average molecular weight is 422 g/mol. The molecule has 1 aliphatic rings. The fraction of sp³-hybridized carbons (Fsp3) is 0.714. The molecule has 1 aliphatic heterocycles. The Balaban J connectivity index is 2.28. The third-order valence-electron chi connectivity index (χ3n) is 5.92. The molecule has 162 valence electrons. The van der Waals surface area contributed by atoms with E-state index in [9.17, 15) is 10.6 Å². The highest BCUT2D eigenvalue weighted by Gasteiger charge is 2.51. The van der Waals surface area contributed by atoms with Crippen molar-refractivity contribution >= 4 is 8.32 Å². The summed E-state index contributed by atoms with van der Waals surface area (Å²) in [5, 5.41) is 14.7. The van der Waals surface area contributed by atoms with Crippen LogP contribution in [0.3, 0.4) is 0 Å². The highest BCUT2D eigenvalue weighted by atomic mass is 28.4. The van der Waals surface area contributed by atoms with Crippen LogP contribution in [-0.2, 0) is 20.5 Å². The normalized spacial score (nSPS) is 25.4. The van der Waals surface area contributed by atoms with Gasteiger partial charge in [0.15, 0.2) is 6.29 Å². The Morgan fingerprint density at radius 2 is 1.72 bits per heavy atom. The minimum Gasteiger partial charge on any atom is -0.410 e. The second-order valence-electron chi connectivity index (χ2n) is 8.66. The highest BCUT2D eigenvalue weighted by Crippen LogP contribution is 2.44. The Morgan fingerprint density at radius 3 is 2.24 bits per heavy atom. The second-order valence-corrected chi connectivity index (χ2v) is 14.1. The summed E-state index contributed by atoms with van der Waals surface area (Å²) in [4.78, 5) is 3.00. The number of aliphatic hydroxyl groups excluding tert-OH is 1. The fourth-order valence-electron chi connectivity index (χ4n) is 4.64. The van der Waals surface area contributed by atoms with Gasteiger partial charge >= 0.3 is 0 Å². The lowest BCUT2D eigenvalue weighted by atomic mass is 10.0. The molecule has 4 atom stereocenters. The van der Waals surface area contributed by atoms with Gasteiger partial charge in [-0.2, -0.15) is 0 Å². The maximum absolute atomic E-state index is 10.7. The van der Waals surface area contributed by atoms with Gasteiger partial charge in [-0.05, 0) is 27.7 Å². The zero-order valence-electron chi connectivity index (χ0n) is 18.4. The van der Waals surface area contributed by atoms with Crippen LogP contribution in [0.15, 0.2) is 35.4 Å². The Kier molecular flexibility index (Phi) is 8.69. The van der Waals surface area contributed by atoms with Crippen LogP contribution < -0.4 is 0 Å². The van der Waals surface area contributed by atoms with E-state index in [0.717, 1.165) is 5.56 Å². The summed E-state index contributed by atoms with van der Waals surface area (Å²) in [7, 11) is -2.30. The van der Waals surface area contributed by atoms with Gasteiger partial charge in [-0.3, -0.25) is 0 Å². The van der Waals surface area contributed by atoms with Crippen LogP contribution in [0.1, 0.15) is 47.1 Å². The first-order valence-electron chi connectivity index (χ1n) is 10.4. The molecule has 8 heteroatoms. The molecule has 0 bridgehead atoms. The third kappa shape index (κ3) is 5.39. The molecule has 1 fully saturated rings. The summed E-state index contributed by atoms with van der Waals surface area (Å²) in [6.07, 6.45) is -2.29. The van der Waals surface area contributed by atoms with E-state index in [2.05, 4.69) is 51.6 Å². The molecule has 0 unspecified atom stereocenters. The zero-order valence-corrected chi connectivity index (χ0v) is 19.4. The molecule has 1 saturated heterocycles. The van der Waals surface area contributed by atoms with Crippen LogP contribution in [-0.4, -0.2) is 44.6 Å². The number of hydrogen-bond donors (Lipinski definition) is 1. The molecule has 0 aliphatic carbocycles. The predicted octanol–water partition coefficient (Wildman–Crippen LogP) is 5.16. The fourth-order valence-corrected chi connectivity index (χ4v) is 10.2. The van der Waals surface area contributed by atoms with Crippen LogP contribution in [0.2, 0.25) is 16.6 Å². The maximum atomic E-state index is 10.7. The summed E-state index contributed by atoms with van der Waals surface area (Å²) in [6, 6.07) is 8.99. The van der Waals surface area contributed by atoms with Gasteiger partial charge in [0.05, 0.1) is 19.3 Å². The van der Waals surface area contributed by atoms with Gasteiger partial charge in [0.25, 0.3) is 0 Å². The van der Waals surface area contributed by atoms with E-state index in [4.69, 9.17) is 13.9 Å². The third-order valence-corrected chi connectivity index (χ3v) is 12.0. The Labute approximate surface area is 175 Å². The number of nitrogens with zero attached hydrogens (tertiary/aromatic N) is 3. The SMILES string of the molecule is CC(C)[Si](O[C@@H]1[C@@H](N=[N+]=[N-])[C@H](OCc2ccccc2)OC[C@H]1O)(C(C)C)C(C)C.